The minimum atomic E-state index is -5.15. The molecule has 1 aliphatic carbocycles. The van der Waals surface area contributed by atoms with Gasteiger partial charge in [0.05, 0.1) is 12.7 Å². The van der Waals surface area contributed by atoms with Crippen LogP contribution < -0.4 is 0 Å². The van der Waals surface area contributed by atoms with E-state index in [-0.39, 0.29) is 12.8 Å². The summed E-state index contributed by atoms with van der Waals surface area (Å²) in [6, 6.07) is 0. The van der Waals surface area contributed by atoms with Crippen LogP contribution in [0.4, 0.5) is 0 Å². The number of phosphoric ester groups is 1. The summed E-state index contributed by atoms with van der Waals surface area (Å²) in [4.78, 5) is 35.7. The van der Waals surface area contributed by atoms with Crippen LogP contribution in [0.2, 0.25) is 0 Å². The number of phosphoric acid groups is 1. The highest BCUT2D eigenvalue weighted by molar-refractivity contribution is 7.47. The Balaban J connectivity index is 2.55. The number of hydrogen-bond donors (Lipinski definition) is 7. The number of aliphatic hydroxyl groups excluding tert-OH is 6. The minimum absolute atomic E-state index is 0.0504. The van der Waals surface area contributed by atoms with Crippen LogP contribution in [0.25, 0.3) is 0 Å². The first-order valence-corrected chi connectivity index (χ1v) is 24.3. The molecule has 0 aromatic heterocycles. The van der Waals surface area contributed by atoms with Crippen molar-refractivity contribution in [2.45, 2.75) is 198 Å². The summed E-state index contributed by atoms with van der Waals surface area (Å²) in [7, 11) is -5.15. The van der Waals surface area contributed by atoms with Crippen LogP contribution >= 0.6 is 7.82 Å². The lowest BCUT2D eigenvalue weighted by Crippen LogP contribution is -2.64. The SMILES string of the molecule is CCCCC/C=C\C=C/[C@@H](O)C/C=C\C/C=C/CCCC(=O)OC[C@H](COP(=O)(O)OC1[C@H](O)[C@H](O)C(O)[C@H](O)[C@H]1O)OC(=O)CCCCCCC/C=C\C/C=C\CCCCC. The van der Waals surface area contributed by atoms with Gasteiger partial charge in [0.2, 0.25) is 0 Å². The Hall–Kier alpha value is -2.75. The molecule has 0 heterocycles. The topological polar surface area (TPSA) is 230 Å². The molecule has 0 bridgehead atoms. The second kappa shape index (κ2) is 36.6. The van der Waals surface area contributed by atoms with Crippen molar-refractivity contribution in [2.75, 3.05) is 13.2 Å². The first kappa shape index (κ1) is 57.3. The molecule has 0 amide bonds. The number of allylic oxidation sites excluding steroid dienone is 10. The second-order valence-electron chi connectivity index (χ2n) is 15.7. The Morgan fingerprint density at radius 2 is 1.08 bits per heavy atom. The molecule has 0 saturated heterocycles. The number of esters is 2. The quantitative estimate of drug-likeness (QED) is 0.0105. The molecule has 356 valence electrons. The van der Waals surface area contributed by atoms with E-state index in [1.807, 2.05) is 36.5 Å². The number of unbranched alkanes of at least 4 members (excludes halogenated alkanes) is 12. The van der Waals surface area contributed by atoms with E-state index in [2.05, 4.69) is 44.2 Å². The Morgan fingerprint density at radius 3 is 1.69 bits per heavy atom. The van der Waals surface area contributed by atoms with Gasteiger partial charge >= 0.3 is 19.8 Å². The maximum Gasteiger partial charge on any atom is 0.472 e. The molecule has 1 aliphatic rings. The summed E-state index contributed by atoms with van der Waals surface area (Å²) in [6.45, 7) is 3.09. The van der Waals surface area contributed by atoms with Crippen molar-refractivity contribution in [3.63, 3.8) is 0 Å². The highest BCUT2D eigenvalue weighted by Crippen LogP contribution is 2.47. The average Bonchev–Trinajstić information content (AvgIpc) is 3.25. The maximum absolute atomic E-state index is 12.8. The molecule has 1 saturated carbocycles. The molecular formula is C47H79O14P. The molecule has 0 aliphatic heterocycles. The third-order valence-electron chi connectivity index (χ3n) is 10.1. The van der Waals surface area contributed by atoms with E-state index in [9.17, 15) is 49.7 Å². The van der Waals surface area contributed by atoms with Gasteiger partial charge in [-0.25, -0.2) is 4.57 Å². The van der Waals surface area contributed by atoms with Crippen LogP contribution in [0.1, 0.15) is 149 Å². The van der Waals surface area contributed by atoms with E-state index < -0.39 is 81.8 Å². The fourth-order valence-electron chi connectivity index (χ4n) is 6.33. The average molecular weight is 899 g/mol. The number of hydrogen-bond acceptors (Lipinski definition) is 13. The molecule has 15 heteroatoms. The zero-order valence-corrected chi connectivity index (χ0v) is 38.1. The number of aliphatic hydroxyl groups is 6. The monoisotopic (exact) mass is 899 g/mol. The van der Waals surface area contributed by atoms with Gasteiger partial charge in [0.1, 0.15) is 43.2 Å². The Kier molecular flexibility index (Phi) is 33.8. The van der Waals surface area contributed by atoms with Crippen LogP contribution in [0.5, 0.6) is 0 Å². The van der Waals surface area contributed by atoms with Gasteiger partial charge < -0.3 is 45.0 Å². The predicted octanol–water partition coefficient (Wildman–Crippen LogP) is 7.69. The molecule has 0 spiro atoms. The van der Waals surface area contributed by atoms with Gasteiger partial charge in [-0.15, -0.1) is 0 Å². The zero-order chi connectivity index (χ0) is 45.9. The van der Waals surface area contributed by atoms with Gasteiger partial charge in [0.15, 0.2) is 6.10 Å². The van der Waals surface area contributed by atoms with E-state index in [1.165, 1.54) is 38.5 Å². The molecule has 14 nitrogen and oxygen atoms in total. The van der Waals surface area contributed by atoms with Gasteiger partial charge in [0.25, 0.3) is 0 Å². The number of carbonyl (C=O) groups excluding carboxylic acids is 2. The normalized spacial score (nSPS) is 23.0. The van der Waals surface area contributed by atoms with Crippen LogP contribution in [0, 0.1) is 0 Å². The molecule has 7 N–H and O–H groups in total. The molecule has 1 rings (SSSR count). The zero-order valence-electron chi connectivity index (χ0n) is 37.2. The van der Waals surface area contributed by atoms with Crippen molar-refractivity contribution >= 4 is 19.8 Å². The third kappa shape index (κ3) is 28.8. The first-order chi connectivity index (χ1) is 29.8. The van der Waals surface area contributed by atoms with Crippen LogP contribution in [-0.2, 0) is 32.7 Å². The predicted molar refractivity (Wildman–Crippen MR) is 241 cm³/mol. The summed E-state index contributed by atoms with van der Waals surface area (Å²) in [5, 5.41) is 60.2. The molecular weight excluding hydrogens is 819 g/mol. The Morgan fingerprint density at radius 1 is 0.581 bits per heavy atom. The summed E-state index contributed by atoms with van der Waals surface area (Å²) >= 11 is 0. The van der Waals surface area contributed by atoms with Gasteiger partial charge in [-0.1, -0.05) is 132 Å². The molecule has 62 heavy (non-hydrogen) atoms. The van der Waals surface area contributed by atoms with Crippen molar-refractivity contribution < 1.29 is 68.2 Å². The fourth-order valence-corrected chi connectivity index (χ4v) is 7.30. The van der Waals surface area contributed by atoms with Gasteiger partial charge in [-0.2, -0.15) is 0 Å². The van der Waals surface area contributed by atoms with Crippen molar-refractivity contribution in [3.8, 4) is 0 Å². The highest BCUT2D eigenvalue weighted by atomic mass is 31.2. The molecule has 9 atom stereocenters. The van der Waals surface area contributed by atoms with E-state index in [0.717, 1.165) is 51.4 Å². The van der Waals surface area contributed by atoms with Crippen molar-refractivity contribution in [3.05, 3.63) is 72.9 Å². The van der Waals surface area contributed by atoms with Gasteiger partial charge in [-0.3, -0.25) is 18.6 Å². The standard InChI is InChI=1S/C47H79O14P/c1-3-5-7-9-11-12-13-14-15-16-17-18-22-27-31-35-41(50)60-39(37-59-62(56,57)61-47-45(54)43(52)42(51)44(53)46(47)55)36-58-40(49)34-30-26-23-19-21-25-29-33-38(48)32-28-24-20-10-8-6-4-2/h11-12,14-15,19-20,23-25,28-29,32,38-39,42-48,51-55H,3-10,13,16-18,21-22,26-27,30-31,33-37H2,1-2H3,(H,56,57)/b12-11-,15-14-,23-19+,24-20-,29-25-,32-28-/t38-,39-,42?,43-,44+,45-,46-,47?/m1/s1. The number of ether oxygens (including phenoxy) is 2. The number of rotatable bonds is 36. The van der Waals surface area contributed by atoms with Crippen LogP contribution in [0.3, 0.4) is 0 Å². The summed E-state index contributed by atoms with van der Waals surface area (Å²) < 4.78 is 33.4. The van der Waals surface area contributed by atoms with E-state index in [4.69, 9.17) is 18.5 Å². The first-order valence-electron chi connectivity index (χ1n) is 22.8. The lowest BCUT2D eigenvalue weighted by Gasteiger charge is -2.41. The second-order valence-corrected chi connectivity index (χ2v) is 17.2. The largest absolute Gasteiger partial charge is 0.472 e. The van der Waals surface area contributed by atoms with E-state index >= 15 is 0 Å². The van der Waals surface area contributed by atoms with Crippen molar-refractivity contribution in [1.82, 2.24) is 0 Å². The molecule has 0 aromatic rings. The van der Waals surface area contributed by atoms with Crippen molar-refractivity contribution in [2.24, 2.45) is 0 Å². The molecule has 0 radical (unpaired) electrons. The van der Waals surface area contributed by atoms with E-state index in [0.29, 0.717) is 32.1 Å². The summed E-state index contributed by atoms with van der Waals surface area (Å²) in [5.74, 6) is -1.23. The lowest BCUT2D eigenvalue weighted by molar-refractivity contribution is -0.220. The Bertz CT molecular complexity index is 1380. The minimum Gasteiger partial charge on any atom is -0.462 e. The maximum atomic E-state index is 12.8. The van der Waals surface area contributed by atoms with E-state index in [1.54, 1.807) is 6.08 Å². The van der Waals surface area contributed by atoms with Gasteiger partial charge in [0, 0.05) is 12.8 Å². The summed E-state index contributed by atoms with van der Waals surface area (Å²) in [6.07, 6.45) is 28.3. The Labute approximate surface area is 370 Å². The molecule has 3 unspecified atom stereocenters. The lowest BCUT2D eigenvalue weighted by atomic mass is 9.85. The van der Waals surface area contributed by atoms with Gasteiger partial charge in [-0.05, 0) is 77.0 Å². The summed E-state index contributed by atoms with van der Waals surface area (Å²) in [5.41, 5.74) is 0. The highest BCUT2D eigenvalue weighted by Gasteiger charge is 2.51. The van der Waals surface area contributed by atoms with Crippen LogP contribution in [0.15, 0.2) is 72.9 Å². The molecule has 0 aromatic carbocycles. The van der Waals surface area contributed by atoms with Crippen LogP contribution in [-0.4, -0.2) is 110 Å². The fraction of sp³-hybridized carbons (Fsp3) is 0.702. The third-order valence-corrected chi connectivity index (χ3v) is 11.1. The number of carbonyl (C=O) groups is 2. The smallest absolute Gasteiger partial charge is 0.462 e. The van der Waals surface area contributed by atoms with Crippen molar-refractivity contribution in [1.29, 1.82) is 0 Å². The molecule has 1 fully saturated rings.